The number of methoxy groups -OCH3 is 1. The van der Waals surface area contributed by atoms with Crippen LogP contribution in [0.5, 0.6) is 0 Å². The molecule has 176 valence electrons. The van der Waals surface area contributed by atoms with Gasteiger partial charge in [-0.15, -0.1) is 10.2 Å². The molecule has 8 heteroatoms. The number of thioether (sulfide) groups is 1. The first-order valence-corrected chi connectivity index (χ1v) is 12.7. The van der Waals surface area contributed by atoms with Gasteiger partial charge in [-0.1, -0.05) is 30.0 Å². The zero-order valence-corrected chi connectivity index (χ0v) is 20.6. The minimum Gasteiger partial charge on any atom is -0.385 e. The third kappa shape index (κ3) is 5.33. The number of carbonyl (C=O) groups excluding carboxylic acids is 1. The molecule has 0 saturated carbocycles. The summed E-state index contributed by atoms with van der Waals surface area (Å²) in [5.74, 6) is 1.31. The van der Waals surface area contributed by atoms with Crippen LogP contribution in [0.1, 0.15) is 47.4 Å². The Morgan fingerprint density at radius 1 is 1.09 bits per heavy atom. The molecule has 0 bridgehead atoms. The summed E-state index contributed by atoms with van der Waals surface area (Å²) in [6.45, 7) is 7.63. The monoisotopic (exact) mass is 467 g/mol. The maximum absolute atomic E-state index is 13.2. The highest BCUT2D eigenvalue weighted by atomic mass is 32.2. The van der Waals surface area contributed by atoms with Crippen molar-refractivity contribution in [3.63, 3.8) is 0 Å². The topological polar surface area (TPSA) is 65.2 Å². The Morgan fingerprint density at radius 2 is 1.85 bits per heavy atom. The highest BCUT2D eigenvalue weighted by Crippen LogP contribution is 2.29. The molecular weight excluding hydrogens is 434 g/mol. The van der Waals surface area contributed by atoms with Crippen molar-refractivity contribution in [1.82, 2.24) is 19.3 Å². The second-order valence-corrected chi connectivity index (χ2v) is 9.44. The molecule has 1 aromatic carbocycles. The number of aromatic nitrogens is 4. The summed E-state index contributed by atoms with van der Waals surface area (Å²) in [7, 11) is 1.71. The molecule has 0 atom stereocenters. The molecule has 1 fully saturated rings. The van der Waals surface area contributed by atoms with Gasteiger partial charge in [0.05, 0.1) is 11.4 Å². The molecule has 2 aromatic heterocycles. The van der Waals surface area contributed by atoms with E-state index in [0.717, 1.165) is 59.8 Å². The molecule has 1 aliphatic heterocycles. The Balaban J connectivity index is 1.53. The van der Waals surface area contributed by atoms with Gasteiger partial charge in [-0.05, 0) is 57.7 Å². The van der Waals surface area contributed by atoms with Crippen molar-refractivity contribution in [3.8, 4) is 5.69 Å². The van der Waals surface area contributed by atoms with Crippen LogP contribution < -0.4 is 4.90 Å². The number of rotatable bonds is 10. The predicted molar refractivity (Wildman–Crippen MR) is 133 cm³/mol. The summed E-state index contributed by atoms with van der Waals surface area (Å²) in [6, 6.07) is 12.2. The van der Waals surface area contributed by atoms with Gasteiger partial charge in [-0.2, -0.15) is 0 Å². The van der Waals surface area contributed by atoms with Crippen molar-refractivity contribution in [2.24, 2.45) is 0 Å². The summed E-state index contributed by atoms with van der Waals surface area (Å²) >= 11 is 1.46. The normalized spacial score (nSPS) is 14.1. The van der Waals surface area contributed by atoms with Gasteiger partial charge in [0.15, 0.2) is 10.9 Å². The minimum absolute atomic E-state index is 0.119. The summed E-state index contributed by atoms with van der Waals surface area (Å²) in [5.41, 5.74) is 3.94. The molecule has 3 aromatic rings. The van der Waals surface area contributed by atoms with E-state index in [0.29, 0.717) is 12.4 Å². The molecule has 0 spiro atoms. The maximum Gasteiger partial charge on any atom is 0.232 e. The quantitative estimate of drug-likeness (QED) is 0.245. The van der Waals surface area contributed by atoms with Crippen molar-refractivity contribution >= 4 is 23.5 Å². The minimum atomic E-state index is 0.119. The Hall–Kier alpha value is -2.58. The van der Waals surface area contributed by atoms with E-state index in [1.54, 1.807) is 7.11 Å². The first kappa shape index (κ1) is 23.6. The number of carbonyl (C=O) groups is 1. The van der Waals surface area contributed by atoms with E-state index in [-0.39, 0.29) is 5.78 Å². The molecule has 0 N–H and O–H groups in total. The van der Waals surface area contributed by atoms with E-state index in [1.165, 1.54) is 31.0 Å². The van der Waals surface area contributed by atoms with E-state index in [4.69, 9.17) is 4.74 Å². The van der Waals surface area contributed by atoms with Crippen LogP contribution in [0.4, 0.5) is 5.95 Å². The lowest BCUT2D eigenvalue weighted by molar-refractivity contribution is 0.102. The van der Waals surface area contributed by atoms with Gasteiger partial charge >= 0.3 is 0 Å². The zero-order chi connectivity index (χ0) is 23.2. The fraction of sp³-hybridized carbons (Fsp3) is 0.480. The number of piperidine rings is 1. The number of para-hydroxylation sites is 1. The molecule has 3 heterocycles. The molecule has 7 nitrogen and oxygen atoms in total. The number of ether oxygens (including phenoxy) is 1. The van der Waals surface area contributed by atoms with Gasteiger partial charge in [0.25, 0.3) is 0 Å². The van der Waals surface area contributed by atoms with Gasteiger partial charge in [0.2, 0.25) is 5.95 Å². The molecule has 4 rings (SSSR count). The van der Waals surface area contributed by atoms with Crippen molar-refractivity contribution < 1.29 is 9.53 Å². The maximum atomic E-state index is 13.2. The van der Waals surface area contributed by atoms with Crippen LogP contribution in [-0.4, -0.2) is 57.7 Å². The summed E-state index contributed by atoms with van der Waals surface area (Å²) in [4.78, 5) is 15.5. The zero-order valence-electron chi connectivity index (χ0n) is 19.8. The third-order valence-electron chi connectivity index (χ3n) is 6.21. The van der Waals surface area contributed by atoms with Crippen LogP contribution in [0.25, 0.3) is 5.69 Å². The Morgan fingerprint density at radius 3 is 2.58 bits per heavy atom. The van der Waals surface area contributed by atoms with Crippen molar-refractivity contribution in [2.75, 3.05) is 37.5 Å². The smallest absolute Gasteiger partial charge is 0.232 e. The molecular formula is C25H33N5O2S. The van der Waals surface area contributed by atoms with Crippen molar-refractivity contribution in [1.29, 1.82) is 0 Å². The molecule has 0 amide bonds. The van der Waals surface area contributed by atoms with Crippen molar-refractivity contribution in [3.05, 3.63) is 53.3 Å². The number of hydrogen-bond donors (Lipinski definition) is 0. The van der Waals surface area contributed by atoms with Gasteiger partial charge in [0.1, 0.15) is 0 Å². The number of hydrogen-bond acceptors (Lipinski definition) is 6. The average molecular weight is 468 g/mol. The van der Waals surface area contributed by atoms with E-state index >= 15 is 0 Å². The highest BCUT2D eigenvalue weighted by molar-refractivity contribution is 7.99. The van der Waals surface area contributed by atoms with Crippen LogP contribution in [0.3, 0.4) is 0 Å². The molecule has 1 saturated heterocycles. The average Bonchev–Trinajstić information content (AvgIpc) is 3.40. The standard InChI is InChI=1S/C25H33N5O2S/c1-19-17-22(20(2)29(19)15-10-16-32-3)23(31)18-33-25-27-26-24(28-13-8-5-9-14-28)30(25)21-11-6-4-7-12-21/h4,6-7,11-12,17H,5,8-10,13-16,18H2,1-3H3. The first-order valence-electron chi connectivity index (χ1n) is 11.7. The predicted octanol–water partition coefficient (Wildman–Crippen LogP) is 4.69. The number of benzene rings is 1. The Labute approximate surface area is 200 Å². The SMILES string of the molecule is COCCCn1c(C)cc(C(=O)CSc2nnc(N3CCCCC3)n2-c2ccccc2)c1C. The van der Waals surface area contributed by atoms with Gasteiger partial charge in [0, 0.05) is 50.3 Å². The van der Waals surface area contributed by atoms with Crippen molar-refractivity contribution in [2.45, 2.75) is 51.2 Å². The number of nitrogens with zero attached hydrogens (tertiary/aromatic N) is 5. The second-order valence-electron chi connectivity index (χ2n) is 8.50. The molecule has 0 unspecified atom stereocenters. The molecule has 33 heavy (non-hydrogen) atoms. The van der Waals surface area contributed by atoms with Crippen LogP contribution in [0.2, 0.25) is 0 Å². The Bertz CT molecular complexity index is 1070. The fourth-order valence-corrected chi connectivity index (χ4v) is 5.29. The third-order valence-corrected chi connectivity index (χ3v) is 7.14. The van der Waals surface area contributed by atoms with Crippen LogP contribution in [-0.2, 0) is 11.3 Å². The number of ketones is 1. The van der Waals surface area contributed by atoms with E-state index < -0.39 is 0 Å². The van der Waals surface area contributed by atoms with Crippen LogP contribution in [0.15, 0.2) is 41.6 Å². The number of aryl methyl sites for hydroxylation is 1. The lowest BCUT2D eigenvalue weighted by atomic mass is 10.1. The summed E-state index contributed by atoms with van der Waals surface area (Å²) in [5, 5.41) is 9.78. The van der Waals surface area contributed by atoms with Gasteiger partial charge in [-0.25, -0.2) is 0 Å². The fourth-order valence-electron chi connectivity index (χ4n) is 4.46. The number of anilines is 1. The number of Topliss-reactive ketones (excluding diaryl/α,β-unsaturated/α-hetero) is 1. The molecule has 1 aliphatic rings. The van der Waals surface area contributed by atoms with Gasteiger partial charge < -0.3 is 14.2 Å². The lowest BCUT2D eigenvalue weighted by Gasteiger charge is -2.27. The first-order chi connectivity index (χ1) is 16.1. The van der Waals surface area contributed by atoms with Crippen LogP contribution >= 0.6 is 11.8 Å². The van der Waals surface area contributed by atoms with Gasteiger partial charge in [-0.3, -0.25) is 9.36 Å². The Kier molecular flexibility index (Phi) is 7.88. The van der Waals surface area contributed by atoms with E-state index in [2.05, 4.69) is 43.3 Å². The van der Waals surface area contributed by atoms with E-state index in [1.807, 2.05) is 31.2 Å². The second kappa shape index (κ2) is 11.0. The molecule has 0 aliphatic carbocycles. The summed E-state index contributed by atoms with van der Waals surface area (Å²) in [6.07, 6.45) is 4.52. The van der Waals surface area contributed by atoms with E-state index in [9.17, 15) is 4.79 Å². The lowest BCUT2D eigenvalue weighted by Crippen LogP contribution is -2.31. The molecule has 0 radical (unpaired) electrons. The highest BCUT2D eigenvalue weighted by Gasteiger charge is 2.23. The summed E-state index contributed by atoms with van der Waals surface area (Å²) < 4.78 is 9.48. The van der Waals surface area contributed by atoms with Crippen LogP contribution in [0, 0.1) is 13.8 Å². The largest absolute Gasteiger partial charge is 0.385 e.